The van der Waals surface area contributed by atoms with Crippen LogP contribution in [0.4, 0.5) is 5.82 Å². The zero-order chi connectivity index (χ0) is 20.0. The van der Waals surface area contributed by atoms with Gasteiger partial charge in [-0.25, -0.2) is 9.67 Å². The van der Waals surface area contributed by atoms with Gasteiger partial charge in [0.05, 0.1) is 35.3 Å². The fraction of sp³-hybridized carbons (Fsp3) is 0.571. The lowest BCUT2D eigenvalue weighted by atomic mass is 10.1. The van der Waals surface area contributed by atoms with Crippen molar-refractivity contribution in [2.75, 3.05) is 31.3 Å². The van der Waals surface area contributed by atoms with E-state index in [2.05, 4.69) is 30.9 Å². The van der Waals surface area contributed by atoms with E-state index < -0.39 is 0 Å². The van der Waals surface area contributed by atoms with Crippen molar-refractivity contribution in [1.29, 1.82) is 0 Å². The molecule has 5 rings (SSSR count). The molecule has 0 aromatic carbocycles. The van der Waals surface area contributed by atoms with Gasteiger partial charge in [-0.05, 0) is 69.3 Å². The Hall–Kier alpha value is -2.03. The van der Waals surface area contributed by atoms with Crippen molar-refractivity contribution in [2.45, 2.75) is 52.3 Å². The maximum absolute atomic E-state index is 6.02. The Morgan fingerprint density at radius 1 is 1.17 bits per heavy atom. The van der Waals surface area contributed by atoms with E-state index in [-0.39, 0.29) is 6.23 Å². The summed E-state index contributed by atoms with van der Waals surface area (Å²) in [4.78, 5) is 7.42. The monoisotopic (exact) mass is 413 g/mol. The van der Waals surface area contributed by atoms with Gasteiger partial charge in [0.1, 0.15) is 17.0 Å². The van der Waals surface area contributed by atoms with Crippen molar-refractivity contribution in [3.8, 4) is 11.4 Å². The van der Waals surface area contributed by atoms with E-state index in [1.54, 1.807) is 0 Å². The first kappa shape index (κ1) is 19.0. The molecule has 0 aliphatic carbocycles. The second-order valence-corrected chi connectivity index (χ2v) is 8.83. The van der Waals surface area contributed by atoms with Crippen LogP contribution in [0.5, 0.6) is 0 Å². The smallest absolute Gasteiger partial charge is 0.150 e. The molecule has 2 aliphatic rings. The van der Waals surface area contributed by atoms with Gasteiger partial charge in [-0.2, -0.15) is 9.47 Å². The average molecular weight is 414 g/mol. The lowest BCUT2D eigenvalue weighted by Gasteiger charge is -2.34. The van der Waals surface area contributed by atoms with Gasteiger partial charge in [0.25, 0.3) is 0 Å². The molecule has 2 fully saturated rings. The summed E-state index contributed by atoms with van der Waals surface area (Å²) in [6.07, 6.45) is 3.25. The third-order valence-electron chi connectivity index (χ3n) is 5.79. The lowest BCUT2D eigenvalue weighted by Crippen LogP contribution is -2.44. The van der Waals surface area contributed by atoms with Crippen LogP contribution in [-0.4, -0.2) is 51.5 Å². The maximum Gasteiger partial charge on any atom is 0.150 e. The minimum atomic E-state index is -0.0206. The van der Waals surface area contributed by atoms with E-state index in [0.717, 1.165) is 78.7 Å². The predicted octanol–water partition coefficient (Wildman–Crippen LogP) is 4.10. The Morgan fingerprint density at radius 3 is 2.86 bits per heavy atom. The van der Waals surface area contributed by atoms with Crippen LogP contribution in [0.1, 0.15) is 43.7 Å². The molecule has 3 aromatic rings. The first-order valence-corrected chi connectivity index (χ1v) is 11.2. The molecule has 154 valence electrons. The van der Waals surface area contributed by atoms with Gasteiger partial charge in [0, 0.05) is 13.2 Å². The zero-order valence-electron chi connectivity index (χ0n) is 17.2. The molecule has 8 heteroatoms. The number of anilines is 1. The number of nitrogens with zero attached hydrogens (tertiary/aromatic N) is 5. The first-order chi connectivity index (χ1) is 14.1. The van der Waals surface area contributed by atoms with Gasteiger partial charge in [0.2, 0.25) is 0 Å². The summed E-state index contributed by atoms with van der Waals surface area (Å²) in [6, 6.07) is 4.60. The number of hydrogen-bond donors (Lipinski definition) is 0. The van der Waals surface area contributed by atoms with Crippen LogP contribution in [-0.2, 0) is 9.47 Å². The number of morpholine rings is 1. The summed E-state index contributed by atoms with van der Waals surface area (Å²) < 4.78 is 19.6. The van der Waals surface area contributed by atoms with Crippen molar-refractivity contribution in [1.82, 2.24) is 19.1 Å². The summed E-state index contributed by atoms with van der Waals surface area (Å²) in [7, 11) is 0. The summed E-state index contributed by atoms with van der Waals surface area (Å²) in [5, 5.41) is 4.75. The standard InChI is InChI=1S/C21H27N5O2S/c1-13-10-17(25-7-9-27-12-15(25)3)22-20-19(24-29-21(13)20)16-11-14(2)23-26(16)18-6-4-5-8-28-18/h10-11,15,18H,4-9,12H2,1-3H3/t15-,18?/m1/s1. The van der Waals surface area contributed by atoms with Gasteiger partial charge in [-0.1, -0.05) is 0 Å². The minimum absolute atomic E-state index is 0.0206. The highest BCUT2D eigenvalue weighted by molar-refractivity contribution is 7.13. The van der Waals surface area contributed by atoms with Crippen molar-refractivity contribution < 1.29 is 9.47 Å². The van der Waals surface area contributed by atoms with Crippen molar-refractivity contribution >= 4 is 27.6 Å². The van der Waals surface area contributed by atoms with Crippen molar-refractivity contribution in [3.63, 3.8) is 0 Å². The third kappa shape index (κ3) is 3.43. The molecule has 29 heavy (non-hydrogen) atoms. The fourth-order valence-electron chi connectivity index (χ4n) is 4.27. The molecular weight excluding hydrogens is 386 g/mol. The predicted molar refractivity (Wildman–Crippen MR) is 115 cm³/mol. The molecule has 0 N–H and O–H groups in total. The Labute approximate surface area is 174 Å². The summed E-state index contributed by atoms with van der Waals surface area (Å²) in [5.41, 5.74) is 5.06. The Bertz CT molecular complexity index is 1020. The third-order valence-corrected chi connectivity index (χ3v) is 6.76. The van der Waals surface area contributed by atoms with Crippen LogP contribution in [0.25, 0.3) is 21.6 Å². The SMILES string of the molecule is Cc1cc(-c2nsc3c(C)cc(N4CCOC[C@H]4C)nc23)n(C2CCCCO2)n1. The van der Waals surface area contributed by atoms with E-state index in [0.29, 0.717) is 6.04 Å². The normalized spacial score (nSPS) is 23.1. The molecule has 5 heterocycles. The second kappa shape index (κ2) is 7.66. The van der Waals surface area contributed by atoms with Gasteiger partial charge in [0.15, 0.2) is 6.23 Å². The van der Waals surface area contributed by atoms with Crippen molar-refractivity contribution in [2.24, 2.45) is 0 Å². The second-order valence-electron chi connectivity index (χ2n) is 8.06. The van der Waals surface area contributed by atoms with Crippen LogP contribution in [0.15, 0.2) is 12.1 Å². The number of pyridine rings is 1. The first-order valence-electron chi connectivity index (χ1n) is 10.4. The molecule has 1 unspecified atom stereocenters. The quantitative estimate of drug-likeness (QED) is 0.644. The van der Waals surface area contributed by atoms with E-state index >= 15 is 0 Å². The van der Waals surface area contributed by atoms with Crippen molar-refractivity contribution in [3.05, 3.63) is 23.4 Å². The molecule has 7 nitrogen and oxygen atoms in total. The number of aryl methyl sites for hydroxylation is 2. The number of rotatable bonds is 3. The lowest BCUT2D eigenvalue weighted by molar-refractivity contribution is -0.0385. The number of fused-ring (bicyclic) bond motifs is 1. The van der Waals surface area contributed by atoms with Crippen LogP contribution in [0.3, 0.4) is 0 Å². The Morgan fingerprint density at radius 2 is 2.07 bits per heavy atom. The van der Waals surface area contributed by atoms with Crippen LogP contribution in [0, 0.1) is 13.8 Å². The minimum Gasteiger partial charge on any atom is -0.377 e. The largest absolute Gasteiger partial charge is 0.377 e. The molecule has 2 aliphatic heterocycles. The summed E-state index contributed by atoms with van der Waals surface area (Å²) in [6.45, 7) is 9.48. The molecule has 0 saturated carbocycles. The summed E-state index contributed by atoms with van der Waals surface area (Å²) >= 11 is 1.52. The van der Waals surface area contributed by atoms with Crippen LogP contribution < -0.4 is 4.90 Å². The molecular formula is C21H27N5O2S. The molecule has 0 radical (unpaired) electrons. The van der Waals surface area contributed by atoms with E-state index in [9.17, 15) is 0 Å². The fourth-order valence-corrected chi connectivity index (χ4v) is 5.06. The molecule has 3 aromatic heterocycles. The van der Waals surface area contributed by atoms with E-state index in [1.165, 1.54) is 17.1 Å². The van der Waals surface area contributed by atoms with Crippen LogP contribution >= 0.6 is 11.5 Å². The highest BCUT2D eigenvalue weighted by Gasteiger charge is 2.26. The molecule has 0 amide bonds. The maximum atomic E-state index is 6.02. The van der Waals surface area contributed by atoms with Gasteiger partial charge < -0.3 is 14.4 Å². The number of hydrogen-bond acceptors (Lipinski definition) is 7. The Balaban J connectivity index is 1.61. The van der Waals surface area contributed by atoms with Gasteiger partial charge in [-0.3, -0.25) is 0 Å². The highest BCUT2D eigenvalue weighted by Crippen LogP contribution is 2.36. The van der Waals surface area contributed by atoms with Gasteiger partial charge >= 0.3 is 0 Å². The Kier molecular flexibility index (Phi) is 5.01. The van der Waals surface area contributed by atoms with E-state index in [1.807, 2.05) is 11.6 Å². The average Bonchev–Trinajstić information content (AvgIpc) is 3.32. The topological polar surface area (TPSA) is 65.3 Å². The number of ether oxygens (including phenoxy) is 2. The van der Waals surface area contributed by atoms with E-state index in [4.69, 9.17) is 23.9 Å². The van der Waals surface area contributed by atoms with Gasteiger partial charge in [-0.15, -0.1) is 0 Å². The highest BCUT2D eigenvalue weighted by atomic mass is 32.1. The molecule has 2 saturated heterocycles. The summed E-state index contributed by atoms with van der Waals surface area (Å²) in [5.74, 6) is 1.00. The molecule has 0 bridgehead atoms. The zero-order valence-corrected chi connectivity index (χ0v) is 18.0. The molecule has 2 atom stereocenters. The van der Waals surface area contributed by atoms with Crippen LogP contribution in [0.2, 0.25) is 0 Å². The molecule has 0 spiro atoms. The number of aromatic nitrogens is 4.